The van der Waals surface area contributed by atoms with Gasteiger partial charge in [0.2, 0.25) is 0 Å². The number of nitrogens with zero attached hydrogens (tertiary/aromatic N) is 1. The van der Waals surface area contributed by atoms with Gasteiger partial charge in [-0.25, -0.2) is 0 Å². The number of halogens is 4. The van der Waals surface area contributed by atoms with Crippen LogP contribution < -0.4 is 5.32 Å². The Hall–Kier alpha value is -1.27. The lowest BCUT2D eigenvalue weighted by atomic mass is 10.1. The second-order valence-electron chi connectivity index (χ2n) is 3.87. The van der Waals surface area contributed by atoms with Crippen molar-refractivity contribution in [3.8, 4) is 0 Å². The zero-order chi connectivity index (χ0) is 13.8. The summed E-state index contributed by atoms with van der Waals surface area (Å²) in [7, 11) is 3.19. The molecule has 0 fully saturated rings. The molecule has 0 saturated carbocycles. The van der Waals surface area contributed by atoms with Crippen molar-refractivity contribution in [2.75, 3.05) is 27.2 Å². The standard InChI is InChI=1S/C12H15F3N2O.ClH/c1-16-7-8-17(2)11(18)9-5-3-4-6-10(9)12(13,14)15;/h3-6,16H,7-8H2,1-2H3;1H. The van der Waals surface area contributed by atoms with Gasteiger partial charge in [0.15, 0.2) is 0 Å². The number of benzene rings is 1. The molecular formula is C12H16ClF3N2O. The Balaban J connectivity index is 0.00000324. The predicted octanol–water partition coefficient (Wildman–Crippen LogP) is 2.42. The van der Waals surface area contributed by atoms with Crippen LogP contribution in [0.2, 0.25) is 0 Å². The summed E-state index contributed by atoms with van der Waals surface area (Å²) in [4.78, 5) is 13.2. The fourth-order valence-corrected chi connectivity index (χ4v) is 1.50. The first-order chi connectivity index (χ1) is 8.38. The van der Waals surface area contributed by atoms with Gasteiger partial charge >= 0.3 is 6.18 Å². The Kier molecular flexibility index (Phi) is 6.86. The van der Waals surface area contributed by atoms with E-state index in [1.807, 2.05) is 0 Å². The highest BCUT2D eigenvalue weighted by Crippen LogP contribution is 2.32. The minimum atomic E-state index is -4.52. The van der Waals surface area contributed by atoms with Crippen LogP contribution >= 0.6 is 12.4 Å². The Morgan fingerprint density at radius 1 is 1.32 bits per heavy atom. The molecule has 0 unspecified atom stereocenters. The minimum Gasteiger partial charge on any atom is -0.340 e. The van der Waals surface area contributed by atoms with Crippen molar-refractivity contribution in [2.24, 2.45) is 0 Å². The van der Waals surface area contributed by atoms with E-state index in [1.54, 1.807) is 7.05 Å². The smallest absolute Gasteiger partial charge is 0.340 e. The summed E-state index contributed by atoms with van der Waals surface area (Å²) in [6.45, 7) is 0.873. The molecule has 0 aromatic heterocycles. The minimum absolute atomic E-state index is 0. The number of rotatable bonds is 4. The maximum atomic E-state index is 12.7. The zero-order valence-corrected chi connectivity index (χ0v) is 11.4. The molecule has 0 heterocycles. The molecule has 7 heteroatoms. The van der Waals surface area contributed by atoms with Crippen LogP contribution in [-0.2, 0) is 6.18 Å². The summed E-state index contributed by atoms with van der Waals surface area (Å²) in [6.07, 6.45) is -4.52. The van der Waals surface area contributed by atoms with Gasteiger partial charge in [-0.1, -0.05) is 12.1 Å². The van der Waals surface area contributed by atoms with E-state index in [-0.39, 0.29) is 18.0 Å². The Morgan fingerprint density at radius 2 is 1.89 bits per heavy atom. The van der Waals surface area contributed by atoms with Crippen molar-refractivity contribution in [3.63, 3.8) is 0 Å². The van der Waals surface area contributed by atoms with Crippen LogP contribution in [-0.4, -0.2) is 38.0 Å². The van der Waals surface area contributed by atoms with E-state index in [4.69, 9.17) is 0 Å². The van der Waals surface area contributed by atoms with Crippen LogP contribution in [0.15, 0.2) is 24.3 Å². The molecule has 0 aliphatic carbocycles. The van der Waals surface area contributed by atoms with Crippen LogP contribution in [0.1, 0.15) is 15.9 Å². The summed E-state index contributed by atoms with van der Waals surface area (Å²) >= 11 is 0. The number of carbonyl (C=O) groups is 1. The molecule has 1 N–H and O–H groups in total. The predicted molar refractivity (Wildman–Crippen MR) is 69.6 cm³/mol. The van der Waals surface area contributed by atoms with E-state index in [0.29, 0.717) is 13.1 Å². The van der Waals surface area contributed by atoms with Crippen LogP contribution in [0.4, 0.5) is 13.2 Å². The third kappa shape index (κ3) is 4.72. The van der Waals surface area contributed by atoms with E-state index in [9.17, 15) is 18.0 Å². The number of nitrogens with one attached hydrogen (secondary N) is 1. The molecule has 0 radical (unpaired) electrons. The van der Waals surface area contributed by atoms with E-state index in [1.165, 1.54) is 30.1 Å². The fraction of sp³-hybridized carbons (Fsp3) is 0.417. The number of alkyl halides is 3. The van der Waals surface area contributed by atoms with Crippen LogP contribution in [0.3, 0.4) is 0 Å². The van der Waals surface area contributed by atoms with Crippen LogP contribution in [0.25, 0.3) is 0 Å². The van der Waals surface area contributed by atoms with E-state index in [2.05, 4.69) is 5.32 Å². The average molecular weight is 297 g/mol. The molecule has 1 rings (SSSR count). The summed E-state index contributed by atoms with van der Waals surface area (Å²) in [5, 5.41) is 2.83. The van der Waals surface area contributed by atoms with Gasteiger partial charge in [0, 0.05) is 20.1 Å². The SMILES string of the molecule is CNCCN(C)C(=O)c1ccccc1C(F)(F)F.Cl. The lowest BCUT2D eigenvalue weighted by Gasteiger charge is -2.19. The van der Waals surface area contributed by atoms with E-state index in [0.717, 1.165) is 6.07 Å². The Labute approximate surface area is 116 Å². The quantitative estimate of drug-likeness (QED) is 0.925. The summed E-state index contributed by atoms with van der Waals surface area (Å²) in [6, 6.07) is 4.81. The summed E-state index contributed by atoms with van der Waals surface area (Å²) in [5.41, 5.74) is -1.21. The molecule has 0 aliphatic heterocycles. The molecule has 0 saturated heterocycles. The Morgan fingerprint density at radius 3 is 2.42 bits per heavy atom. The maximum absolute atomic E-state index is 12.7. The third-order valence-electron chi connectivity index (χ3n) is 2.51. The van der Waals surface area contributed by atoms with E-state index < -0.39 is 17.6 Å². The fourth-order valence-electron chi connectivity index (χ4n) is 1.50. The first-order valence-corrected chi connectivity index (χ1v) is 5.44. The highest BCUT2D eigenvalue weighted by atomic mass is 35.5. The number of likely N-dealkylation sites (N-methyl/N-ethyl adjacent to an activating group) is 2. The summed E-state index contributed by atoms with van der Waals surface area (Å²) in [5.74, 6) is -0.627. The van der Waals surface area contributed by atoms with Crippen molar-refractivity contribution in [3.05, 3.63) is 35.4 Å². The van der Waals surface area contributed by atoms with Gasteiger partial charge in [-0.05, 0) is 19.2 Å². The topological polar surface area (TPSA) is 32.3 Å². The lowest BCUT2D eigenvalue weighted by Crippen LogP contribution is -2.33. The van der Waals surface area contributed by atoms with Crippen molar-refractivity contribution < 1.29 is 18.0 Å². The molecule has 0 aliphatic rings. The van der Waals surface area contributed by atoms with Gasteiger partial charge in [-0.3, -0.25) is 4.79 Å². The highest BCUT2D eigenvalue weighted by molar-refractivity contribution is 5.95. The van der Waals surface area contributed by atoms with Gasteiger partial charge in [0.25, 0.3) is 5.91 Å². The second-order valence-corrected chi connectivity index (χ2v) is 3.87. The molecule has 1 amide bonds. The van der Waals surface area contributed by atoms with Crippen molar-refractivity contribution in [2.45, 2.75) is 6.18 Å². The van der Waals surface area contributed by atoms with Crippen molar-refractivity contribution >= 4 is 18.3 Å². The maximum Gasteiger partial charge on any atom is 0.417 e. The monoisotopic (exact) mass is 296 g/mol. The van der Waals surface area contributed by atoms with Gasteiger partial charge in [-0.2, -0.15) is 13.2 Å². The number of carbonyl (C=O) groups excluding carboxylic acids is 1. The lowest BCUT2D eigenvalue weighted by molar-refractivity contribution is -0.138. The van der Waals surface area contributed by atoms with Crippen LogP contribution in [0, 0.1) is 0 Å². The average Bonchev–Trinajstić information content (AvgIpc) is 2.34. The highest BCUT2D eigenvalue weighted by Gasteiger charge is 2.35. The first-order valence-electron chi connectivity index (χ1n) is 5.44. The molecule has 0 spiro atoms. The number of hydrogen-bond donors (Lipinski definition) is 1. The molecular weight excluding hydrogens is 281 g/mol. The largest absolute Gasteiger partial charge is 0.417 e. The second kappa shape index (κ2) is 7.35. The molecule has 3 nitrogen and oxygen atoms in total. The third-order valence-corrected chi connectivity index (χ3v) is 2.51. The molecule has 0 bridgehead atoms. The number of amides is 1. The first kappa shape index (κ1) is 17.7. The van der Waals surface area contributed by atoms with Crippen molar-refractivity contribution in [1.29, 1.82) is 0 Å². The molecule has 1 aromatic rings. The van der Waals surface area contributed by atoms with Crippen molar-refractivity contribution in [1.82, 2.24) is 10.2 Å². The normalized spacial score (nSPS) is 10.8. The number of hydrogen-bond acceptors (Lipinski definition) is 2. The Bertz CT molecular complexity index is 424. The molecule has 108 valence electrons. The molecule has 1 aromatic carbocycles. The van der Waals surface area contributed by atoms with Gasteiger partial charge < -0.3 is 10.2 Å². The van der Waals surface area contributed by atoms with Gasteiger partial charge in [-0.15, -0.1) is 12.4 Å². The summed E-state index contributed by atoms with van der Waals surface area (Å²) < 4.78 is 38.2. The zero-order valence-electron chi connectivity index (χ0n) is 10.6. The molecule has 19 heavy (non-hydrogen) atoms. The van der Waals surface area contributed by atoms with Crippen LogP contribution in [0.5, 0.6) is 0 Å². The van der Waals surface area contributed by atoms with Gasteiger partial charge in [0.05, 0.1) is 11.1 Å². The molecule has 0 atom stereocenters. The van der Waals surface area contributed by atoms with E-state index >= 15 is 0 Å². The van der Waals surface area contributed by atoms with Gasteiger partial charge in [0.1, 0.15) is 0 Å².